The van der Waals surface area contributed by atoms with Crippen LogP contribution in [-0.4, -0.2) is 37.3 Å². The standard InChI is InChI=1S/C13H15ClN4O3S2.ClH/c1-17(2)23(20,21)11-7-9(3-4-10(11)14)16-12(19)8-18-5-6-22-13(18)15;/h3-7,15H,8H2,1-2H3,(H,16,19);1H. The van der Waals surface area contributed by atoms with Crippen LogP contribution >= 0.6 is 35.3 Å². The number of carbonyl (C=O) groups excluding carboxylic acids is 1. The molecule has 2 rings (SSSR count). The van der Waals surface area contributed by atoms with Gasteiger partial charge in [0.1, 0.15) is 11.4 Å². The van der Waals surface area contributed by atoms with Crippen molar-refractivity contribution in [3.8, 4) is 0 Å². The summed E-state index contributed by atoms with van der Waals surface area (Å²) in [6.07, 6.45) is 1.64. The van der Waals surface area contributed by atoms with Gasteiger partial charge in [0, 0.05) is 31.4 Å². The largest absolute Gasteiger partial charge is 0.324 e. The van der Waals surface area contributed by atoms with Gasteiger partial charge >= 0.3 is 0 Å². The summed E-state index contributed by atoms with van der Waals surface area (Å²) in [6, 6.07) is 4.26. The van der Waals surface area contributed by atoms with Crippen LogP contribution in [0.15, 0.2) is 34.7 Å². The molecule has 0 saturated heterocycles. The summed E-state index contributed by atoms with van der Waals surface area (Å²) >= 11 is 7.16. The molecule has 24 heavy (non-hydrogen) atoms. The molecule has 0 saturated carbocycles. The van der Waals surface area contributed by atoms with E-state index in [4.69, 9.17) is 17.0 Å². The third-order valence-electron chi connectivity index (χ3n) is 2.97. The topological polar surface area (TPSA) is 95.3 Å². The van der Waals surface area contributed by atoms with Gasteiger partial charge in [-0.2, -0.15) is 0 Å². The lowest BCUT2D eigenvalue weighted by molar-refractivity contribution is -0.116. The molecule has 0 radical (unpaired) electrons. The van der Waals surface area contributed by atoms with Crippen LogP contribution in [0.3, 0.4) is 0 Å². The minimum Gasteiger partial charge on any atom is -0.324 e. The van der Waals surface area contributed by atoms with Gasteiger partial charge < -0.3 is 9.88 Å². The quantitative estimate of drug-likeness (QED) is 0.788. The van der Waals surface area contributed by atoms with E-state index in [1.807, 2.05) is 0 Å². The molecule has 0 spiro atoms. The summed E-state index contributed by atoms with van der Waals surface area (Å²) in [5, 5.41) is 12.0. The van der Waals surface area contributed by atoms with Gasteiger partial charge in [-0.3, -0.25) is 10.2 Å². The number of anilines is 1. The summed E-state index contributed by atoms with van der Waals surface area (Å²) in [4.78, 5) is 12.2. The lowest BCUT2D eigenvalue weighted by Crippen LogP contribution is -2.25. The highest BCUT2D eigenvalue weighted by Crippen LogP contribution is 2.26. The van der Waals surface area contributed by atoms with Gasteiger partial charge in [-0.15, -0.1) is 23.7 Å². The van der Waals surface area contributed by atoms with Crippen LogP contribution in [0.25, 0.3) is 0 Å². The van der Waals surface area contributed by atoms with Crippen molar-refractivity contribution in [1.29, 1.82) is 5.41 Å². The minimum atomic E-state index is -3.71. The molecule has 0 aliphatic carbocycles. The summed E-state index contributed by atoms with van der Waals surface area (Å²) in [7, 11) is -0.901. The second-order valence-electron chi connectivity index (χ2n) is 4.82. The van der Waals surface area contributed by atoms with Crippen LogP contribution in [0.4, 0.5) is 5.69 Å². The van der Waals surface area contributed by atoms with E-state index in [-0.39, 0.29) is 39.6 Å². The third kappa shape index (κ3) is 4.58. The molecule has 132 valence electrons. The summed E-state index contributed by atoms with van der Waals surface area (Å²) in [6.45, 7) is -0.0271. The zero-order chi connectivity index (χ0) is 17.2. The molecule has 0 aliphatic heterocycles. The Bertz CT molecular complexity index is 891. The van der Waals surface area contributed by atoms with Crippen molar-refractivity contribution >= 4 is 57.0 Å². The predicted molar refractivity (Wildman–Crippen MR) is 96.4 cm³/mol. The van der Waals surface area contributed by atoms with E-state index < -0.39 is 10.0 Å². The Morgan fingerprint density at radius 2 is 2.08 bits per heavy atom. The Morgan fingerprint density at radius 3 is 2.62 bits per heavy atom. The number of hydrogen-bond acceptors (Lipinski definition) is 5. The van der Waals surface area contributed by atoms with E-state index >= 15 is 0 Å². The second kappa shape index (κ2) is 8.13. The molecule has 0 bridgehead atoms. The maximum atomic E-state index is 12.2. The van der Waals surface area contributed by atoms with Crippen LogP contribution in [0.5, 0.6) is 0 Å². The van der Waals surface area contributed by atoms with Crippen LogP contribution in [0, 0.1) is 5.41 Å². The minimum absolute atomic E-state index is 0. The molecule has 0 atom stereocenters. The van der Waals surface area contributed by atoms with E-state index in [0.717, 1.165) is 4.31 Å². The van der Waals surface area contributed by atoms with E-state index in [9.17, 15) is 13.2 Å². The van der Waals surface area contributed by atoms with Gasteiger partial charge in [0.2, 0.25) is 15.9 Å². The van der Waals surface area contributed by atoms with E-state index in [1.165, 1.54) is 48.2 Å². The Morgan fingerprint density at radius 1 is 1.42 bits per heavy atom. The first-order valence-corrected chi connectivity index (χ1v) is 9.12. The molecule has 1 heterocycles. The van der Waals surface area contributed by atoms with Crippen molar-refractivity contribution in [1.82, 2.24) is 8.87 Å². The SMILES string of the molecule is CN(C)S(=O)(=O)c1cc(NC(=O)Cn2ccsc2=N)ccc1Cl.Cl. The third-order valence-corrected chi connectivity index (χ3v) is 5.98. The number of rotatable bonds is 5. The van der Waals surface area contributed by atoms with Crippen LogP contribution in [0.1, 0.15) is 0 Å². The molecular weight excluding hydrogens is 395 g/mol. The Kier molecular flexibility index (Phi) is 6.99. The highest BCUT2D eigenvalue weighted by molar-refractivity contribution is 7.89. The molecular formula is C13H16Cl2N4O3S2. The number of nitrogens with zero attached hydrogens (tertiary/aromatic N) is 2. The molecule has 1 aromatic carbocycles. The first-order chi connectivity index (χ1) is 10.7. The number of thiazole rings is 1. The second-order valence-corrected chi connectivity index (χ2v) is 8.24. The molecule has 2 N–H and O–H groups in total. The van der Waals surface area contributed by atoms with E-state index in [2.05, 4.69) is 5.32 Å². The fourth-order valence-electron chi connectivity index (χ4n) is 1.76. The fourth-order valence-corrected chi connectivity index (χ4v) is 3.75. The van der Waals surface area contributed by atoms with Crippen molar-refractivity contribution < 1.29 is 13.2 Å². The molecule has 2 aromatic rings. The number of halogens is 2. The van der Waals surface area contributed by atoms with Gasteiger partial charge in [-0.05, 0) is 18.2 Å². The van der Waals surface area contributed by atoms with Crippen molar-refractivity contribution in [2.24, 2.45) is 0 Å². The molecule has 0 unspecified atom stereocenters. The highest BCUT2D eigenvalue weighted by Gasteiger charge is 2.21. The van der Waals surface area contributed by atoms with Gasteiger partial charge in [-0.25, -0.2) is 12.7 Å². The number of carbonyl (C=O) groups is 1. The lowest BCUT2D eigenvalue weighted by Gasteiger charge is -2.14. The Labute approximate surface area is 154 Å². The summed E-state index contributed by atoms with van der Waals surface area (Å²) < 4.78 is 26.9. The summed E-state index contributed by atoms with van der Waals surface area (Å²) in [5.41, 5.74) is 0.321. The first kappa shape index (κ1) is 20.7. The van der Waals surface area contributed by atoms with Crippen LogP contribution in [-0.2, 0) is 21.4 Å². The first-order valence-electron chi connectivity index (χ1n) is 6.42. The molecule has 1 amide bonds. The average Bonchev–Trinajstić information content (AvgIpc) is 2.86. The molecule has 1 aromatic heterocycles. The Hall–Kier alpha value is -1.39. The number of amides is 1. The number of hydrogen-bond donors (Lipinski definition) is 2. The lowest BCUT2D eigenvalue weighted by atomic mass is 10.3. The average molecular weight is 411 g/mol. The van der Waals surface area contributed by atoms with Crippen molar-refractivity contribution in [2.75, 3.05) is 19.4 Å². The number of sulfonamides is 1. The van der Waals surface area contributed by atoms with Crippen molar-refractivity contribution in [2.45, 2.75) is 11.4 Å². The molecule has 7 nitrogen and oxygen atoms in total. The Balaban J connectivity index is 0.00000288. The zero-order valence-electron chi connectivity index (χ0n) is 12.8. The van der Waals surface area contributed by atoms with Crippen LogP contribution in [0.2, 0.25) is 5.02 Å². The van der Waals surface area contributed by atoms with E-state index in [0.29, 0.717) is 5.69 Å². The fraction of sp³-hybridized carbons (Fsp3) is 0.231. The van der Waals surface area contributed by atoms with Gasteiger partial charge in [0.15, 0.2) is 4.80 Å². The zero-order valence-corrected chi connectivity index (χ0v) is 16.0. The maximum Gasteiger partial charge on any atom is 0.244 e. The van der Waals surface area contributed by atoms with Gasteiger partial charge in [0.25, 0.3) is 0 Å². The number of aromatic nitrogens is 1. The molecule has 11 heteroatoms. The predicted octanol–water partition coefficient (Wildman–Crippen LogP) is 1.99. The van der Waals surface area contributed by atoms with Gasteiger partial charge in [-0.1, -0.05) is 11.6 Å². The van der Waals surface area contributed by atoms with Gasteiger partial charge in [0.05, 0.1) is 5.02 Å². The van der Waals surface area contributed by atoms with Crippen LogP contribution < -0.4 is 10.1 Å². The molecule has 0 aliphatic rings. The number of benzene rings is 1. The summed E-state index contributed by atoms with van der Waals surface area (Å²) in [5.74, 6) is -0.363. The monoisotopic (exact) mass is 410 g/mol. The normalized spacial score (nSPS) is 11.2. The van der Waals surface area contributed by atoms with Crippen molar-refractivity contribution in [3.63, 3.8) is 0 Å². The number of nitrogens with one attached hydrogen (secondary N) is 2. The highest BCUT2D eigenvalue weighted by atomic mass is 35.5. The smallest absolute Gasteiger partial charge is 0.244 e. The maximum absolute atomic E-state index is 12.2. The van der Waals surface area contributed by atoms with E-state index in [1.54, 1.807) is 11.6 Å². The molecule has 0 fully saturated rings. The van der Waals surface area contributed by atoms with Crippen molar-refractivity contribution in [3.05, 3.63) is 39.6 Å².